The highest BCUT2D eigenvalue weighted by molar-refractivity contribution is 5.95. The normalized spacial score (nSPS) is 18.9. The molecule has 0 spiro atoms. The van der Waals surface area contributed by atoms with Crippen molar-refractivity contribution >= 4 is 17.5 Å². The summed E-state index contributed by atoms with van der Waals surface area (Å²) < 4.78 is 1.78. The number of fused-ring (bicyclic) bond motifs is 1. The van der Waals surface area contributed by atoms with E-state index in [9.17, 15) is 14.7 Å². The molecule has 21 heavy (non-hydrogen) atoms. The molecular weight excluding hydrogens is 270 g/mol. The SMILES string of the molecule is Cc1ccn2cc(C(=O)N3CCCC[C@@H]3C(=O)O)nc2c1. The second kappa shape index (κ2) is 5.20. The maximum atomic E-state index is 12.6. The van der Waals surface area contributed by atoms with Gasteiger partial charge in [0.1, 0.15) is 17.4 Å². The van der Waals surface area contributed by atoms with Crippen molar-refractivity contribution in [2.75, 3.05) is 6.54 Å². The molecule has 110 valence electrons. The fourth-order valence-electron chi connectivity index (χ4n) is 2.77. The Bertz CT molecular complexity index is 707. The molecule has 6 heteroatoms. The van der Waals surface area contributed by atoms with Gasteiger partial charge < -0.3 is 14.4 Å². The Morgan fingerprint density at radius 2 is 2.19 bits per heavy atom. The first-order valence-electron chi connectivity index (χ1n) is 7.05. The van der Waals surface area contributed by atoms with E-state index in [-0.39, 0.29) is 5.91 Å². The summed E-state index contributed by atoms with van der Waals surface area (Å²) in [6, 6.07) is 3.09. The summed E-state index contributed by atoms with van der Waals surface area (Å²) in [6.07, 6.45) is 5.69. The molecule has 0 radical (unpaired) electrons. The van der Waals surface area contributed by atoms with Crippen molar-refractivity contribution in [2.24, 2.45) is 0 Å². The molecule has 3 rings (SSSR count). The number of aliphatic carboxylic acids is 1. The fraction of sp³-hybridized carbons (Fsp3) is 0.400. The van der Waals surface area contributed by atoms with Crippen LogP contribution in [0, 0.1) is 6.92 Å². The third-order valence-corrected chi connectivity index (χ3v) is 3.88. The second-order valence-electron chi connectivity index (χ2n) is 5.44. The standard InChI is InChI=1S/C15H17N3O3/c1-10-5-7-17-9-11(16-13(17)8-10)14(19)18-6-3-2-4-12(18)15(20)21/h5,7-9,12H,2-4,6H2,1H3,(H,20,21)/t12-/m1/s1. The number of imidazole rings is 1. The van der Waals surface area contributed by atoms with Crippen molar-refractivity contribution in [2.45, 2.75) is 32.2 Å². The number of rotatable bonds is 2. The number of carbonyl (C=O) groups excluding carboxylic acids is 1. The second-order valence-corrected chi connectivity index (χ2v) is 5.44. The van der Waals surface area contributed by atoms with E-state index in [4.69, 9.17) is 0 Å². The van der Waals surface area contributed by atoms with Crippen LogP contribution < -0.4 is 0 Å². The Kier molecular flexibility index (Phi) is 3.37. The third kappa shape index (κ3) is 2.49. The van der Waals surface area contributed by atoms with Crippen molar-refractivity contribution in [3.05, 3.63) is 35.8 Å². The number of carboxylic acids is 1. The van der Waals surface area contributed by atoms with Crippen molar-refractivity contribution < 1.29 is 14.7 Å². The number of aromatic nitrogens is 2. The van der Waals surface area contributed by atoms with Crippen LogP contribution in [0.4, 0.5) is 0 Å². The summed E-state index contributed by atoms with van der Waals surface area (Å²) in [5.41, 5.74) is 2.06. The minimum absolute atomic E-state index is 0.300. The van der Waals surface area contributed by atoms with Crippen molar-refractivity contribution in [3.8, 4) is 0 Å². The maximum absolute atomic E-state index is 12.6. The summed E-state index contributed by atoms with van der Waals surface area (Å²) in [4.78, 5) is 29.6. The van der Waals surface area contributed by atoms with Crippen LogP contribution in [-0.2, 0) is 4.79 Å². The van der Waals surface area contributed by atoms with Crippen LogP contribution >= 0.6 is 0 Å². The Labute approximate surface area is 122 Å². The molecule has 2 aromatic rings. The maximum Gasteiger partial charge on any atom is 0.326 e. The van der Waals surface area contributed by atoms with Crippen LogP contribution in [0.2, 0.25) is 0 Å². The number of nitrogens with zero attached hydrogens (tertiary/aromatic N) is 3. The largest absolute Gasteiger partial charge is 0.480 e. The zero-order valence-corrected chi connectivity index (χ0v) is 11.8. The molecular formula is C15H17N3O3. The van der Waals surface area contributed by atoms with Crippen LogP contribution in [0.3, 0.4) is 0 Å². The minimum Gasteiger partial charge on any atom is -0.480 e. The highest BCUT2D eigenvalue weighted by Crippen LogP contribution is 2.20. The third-order valence-electron chi connectivity index (χ3n) is 3.88. The van der Waals surface area contributed by atoms with E-state index < -0.39 is 12.0 Å². The Morgan fingerprint density at radius 3 is 2.95 bits per heavy atom. The van der Waals surface area contributed by atoms with Crippen molar-refractivity contribution in [1.29, 1.82) is 0 Å². The minimum atomic E-state index is -0.942. The molecule has 1 N–H and O–H groups in total. The Balaban J connectivity index is 1.93. The van der Waals surface area contributed by atoms with E-state index in [1.807, 2.05) is 25.3 Å². The summed E-state index contributed by atoms with van der Waals surface area (Å²) >= 11 is 0. The van der Waals surface area contributed by atoms with Gasteiger partial charge in [-0.1, -0.05) is 0 Å². The van der Waals surface area contributed by atoms with E-state index in [1.54, 1.807) is 10.6 Å². The summed E-state index contributed by atoms with van der Waals surface area (Å²) in [7, 11) is 0. The predicted molar refractivity (Wildman–Crippen MR) is 76.2 cm³/mol. The number of amides is 1. The first kappa shape index (κ1) is 13.6. The number of hydrogen-bond donors (Lipinski definition) is 1. The van der Waals surface area contributed by atoms with E-state index in [2.05, 4.69) is 4.98 Å². The molecule has 1 saturated heterocycles. The lowest BCUT2D eigenvalue weighted by Gasteiger charge is -2.32. The van der Waals surface area contributed by atoms with Gasteiger partial charge in [-0.2, -0.15) is 0 Å². The van der Waals surface area contributed by atoms with Crippen molar-refractivity contribution in [1.82, 2.24) is 14.3 Å². The number of aryl methyl sites for hydroxylation is 1. The molecule has 0 aromatic carbocycles. The van der Waals surface area contributed by atoms with E-state index in [0.29, 0.717) is 24.3 Å². The van der Waals surface area contributed by atoms with Gasteiger partial charge in [-0.25, -0.2) is 9.78 Å². The van der Waals surface area contributed by atoms with Gasteiger partial charge in [0.25, 0.3) is 5.91 Å². The fourth-order valence-corrected chi connectivity index (χ4v) is 2.77. The number of likely N-dealkylation sites (tertiary alicyclic amines) is 1. The zero-order chi connectivity index (χ0) is 15.0. The molecule has 0 aliphatic carbocycles. The monoisotopic (exact) mass is 287 g/mol. The number of carbonyl (C=O) groups is 2. The molecule has 1 fully saturated rings. The van der Waals surface area contributed by atoms with Gasteiger partial charge in [-0.15, -0.1) is 0 Å². The number of carboxylic acid groups (broad SMARTS) is 1. The lowest BCUT2D eigenvalue weighted by molar-refractivity contribution is -0.143. The van der Waals surface area contributed by atoms with Crippen LogP contribution in [0.15, 0.2) is 24.5 Å². The van der Waals surface area contributed by atoms with Crippen LogP contribution in [0.1, 0.15) is 35.3 Å². The average Bonchev–Trinajstić information content (AvgIpc) is 2.89. The van der Waals surface area contributed by atoms with E-state index in [1.165, 1.54) is 4.90 Å². The molecule has 3 heterocycles. The molecule has 0 unspecified atom stereocenters. The number of hydrogen-bond acceptors (Lipinski definition) is 3. The number of piperidine rings is 1. The molecule has 1 amide bonds. The molecule has 2 aromatic heterocycles. The van der Waals surface area contributed by atoms with Gasteiger partial charge in [-0.05, 0) is 43.9 Å². The van der Waals surface area contributed by atoms with Gasteiger partial charge in [0, 0.05) is 18.9 Å². The molecule has 1 aliphatic rings. The lowest BCUT2D eigenvalue weighted by atomic mass is 10.0. The van der Waals surface area contributed by atoms with E-state index in [0.717, 1.165) is 18.4 Å². The molecule has 1 aliphatic heterocycles. The van der Waals surface area contributed by atoms with Crippen LogP contribution in [0.5, 0.6) is 0 Å². The molecule has 1 atom stereocenters. The predicted octanol–water partition coefficient (Wildman–Crippen LogP) is 1.72. The lowest BCUT2D eigenvalue weighted by Crippen LogP contribution is -2.48. The van der Waals surface area contributed by atoms with Gasteiger partial charge in [0.05, 0.1) is 0 Å². The van der Waals surface area contributed by atoms with Crippen LogP contribution in [-0.4, -0.2) is 43.9 Å². The van der Waals surface area contributed by atoms with Crippen LogP contribution in [0.25, 0.3) is 5.65 Å². The van der Waals surface area contributed by atoms with E-state index >= 15 is 0 Å². The quantitative estimate of drug-likeness (QED) is 0.912. The molecule has 0 bridgehead atoms. The van der Waals surface area contributed by atoms with Crippen molar-refractivity contribution in [3.63, 3.8) is 0 Å². The average molecular weight is 287 g/mol. The first-order valence-corrected chi connectivity index (χ1v) is 7.05. The highest BCUT2D eigenvalue weighted by Gasteiger charge is 2.33. The summed E-state index contributed by atoms with van der Waals surface area (Å²) in [5, 5.41) is 9.26. The highest BCUT2D eigenvalue weighted by atomic mass is 16.4. The Hall–Kier alpha value is -2.37. The summed E-state index contributed by atoms with van der Waals surface area (Å²) in [6.45, 7) is 2.43. The topological polar surface area (TPSA) is 74.9 Å². The van der Waals surface area contributed by atoms with Gasteiger partial charge in [-0.3, -0.25) is 4.79 Å². The first-order chi connectivity index (χ1) is 10.1. The molecule has 6 nitrogen and oxygen atoms in total. The van der Waals surface area contributed by atoms with Gasteiger partial charge in [0.2, 0.25) is 0 Å². The molecule has 0 saturated carbocycles. The van der Waals surface area contributed by atoms with Gasteiger partial charge >= 0.3 is 5.97 Å². The summed E-state index contributed by atoms with van der Waals surface area (Å²) in [5.74, 6) is -1.24. The zero-order valence-electron chi connectivity index (χ0n) is 11.8. The smallest absolute Gasteiger partial charge is 0.326 e. The Morgan fingerprint density at radius 1 is 1.38 bits per heavy atom. The van der Waals surface area contributed by atoms with Gasteiger partial charge in [0.15, 0.2) is 0 Å². The number of pyridine rings is 1.